The largest absolute Gasteiger partial charge is 0.300 e. The number of Topliss-reactive ketones (excluding diaryl/α,β-unsaturated/α-hetero) is 1. The van der Waals surface area contributed by atoms with Gasteiger partial charge in [0.1, 0.15) is 0 Å². The summed E-state index contributed by atoms with van der Waals surface area (Å²) in [5.41, 5.74) is 3.38. The van der Waals surface area contributed by atoms with E-state index in [4.69, 9.17) is 0 Å². The van der Waals surface area contributed by atoms with E-state index in [9.17, 15) is 9.59 Å². The lowest BCUT2D eigenvalue weighted by atomic mass is 10.0. The molecule has 0 unspecified atom stereocenters. The molecule has 2 aromatic carbocycles. The molecule has 0 saturated carbocycles. The highest BCUT2D eigenvalue weighted by Crippen LogP contribution is 2.34. The SMILES string of the molecule is CCc1cccc2c1N(Cc1ccccc1)C(=O)C2=O. The number of carbonyl (C=O) groups is 2. The maximum absolute atomic E-state index is 12.2. The summed E-state index contributed by atoms with van der Waals surface area (Å²) in [6, 6.07) is 15.3. The van der Waals surface area contributed by atoms with Crippen LogP contribution in [-0.4, -0.2) is 11.7 Å². The Morgan fingerprint density at radius 1 is 0.950 bits per heavy atom. The molecule has 20 heavy (non-hydrogen) atoms. The summed E-state index contributed by atoms with van der Waals surface area (Å²) >= 11 is 0. The van der Waals surface area contributed by atoms with E-state index in [1.807, 2.05) is 49.4 Å². The number of ketones is 1. The van der Waals surface area contributed by atoms with E-state index in [0.29, 0.717) is 12.1 Å². The molecule has 0 aromatic heterocycles. The van der Waals surface area contributed by atoms with E-state index in [0.717, 1.165) is 23.2 Å². The summed E-state index contributed by atoms with van der Waals surface area (Å²) < 4.78 is 0. The quantitative estimate of drug-likeness (QED) is 0.800. The molecule has 3 rings (SSSR count). The zero-order valence-corrected chi connectivity index (χ0v) is 11.3. The Balaban J connectivity index is 2.05. The number of benzene rings is 2. The van der Waals surface area contributed by atoms with Crippen LogP contribution in [0.4, 0.5) is 5.69 Å². The number of fused-ring (bicyclic) bond motifs is 1. The minimum atomic E-state index is -0.426. The average Bonchev–Trinajstić information content (AvgIpc) is 2.74. The molecule has 0 spiro atoms. The second kappa shape index (κ2) is 4.93. The van der Waals surface area contributed by atoms with E-state index >= 15 is 0 Å². The Morgan fingerprint density at radius 3 is 2.40 bits per heavy atom. The van der Waals surface area contributed by atoms with Crippen LogP contribution < -0.4 is 4.90 Å². The number of aryl methyl sites for hydroxylation is 1. The van der Waals surface area contributed by atoms with Gasteiger partial charge in [-0.05, 0) is 23.6 Å². The van der Waals surface area contributed by atoms with Crippen LogP contribution in [0.25, 0.3) is 0 Å². The maximum atomic E-state index is 12.2. The fraction of sp³-hybridized carbons (Fsp3) is 0.176. The summed E-state index contributed by atoms with van der Waals surface area (Å²) in [6.45, 7) is 2.47. The number of amides is 1. The van der Waals surface area contributed by atoms with Crippen LogP contribution in [0.15, 0.2) is 48.5 Å². The predicted molar refractivity (Wildman–Crippen MR) is 77.8 cm³/mol. The molecule has 0 N–H and O–H groups in total. The lowest BCUT2D eigenvalue weighted by molar-refractivity contribution is -0.114. The molecule has 1 aliphatic rings. The van der Waals surface area contributed by atoms with Gasteiger partial charge in [-0.25, -0.2) is 0 Å². The van der Waals surface area contributed by atoms with Gasteiger partial charge in [-0.1, -0.05) is 49.4 Å². The van der Waals surface area contributed by atoms with Gasteiger partial charge in [0.2, 0.25) is 0 Å². The first-order chi connectivity index (χ1) is 9.72. The highest BCUT2D eigenvalue weighted by molar-refractivity contribution is 6.52. The number of carbonyl (C=O) groups excluding carboxylic acids is 2. The van der Waals surface area contributed by atoms with Gasteiger partial charge in [0.25, 0.3) is 11.7 Å². The number of hydrogen-bond acceptors (Lipinski definition) is 2. The first kappa shape index (κ1) is 12.6. The van der Waals surface area contributed by atoms with Gasteiger partial charge in [-0.15, -0.1) is 0 Å². The van der Waals surface area contributed by atoms with Gasteiger partial charge in [0, 0.05) is 0 Å². The van der Waals surface area contributed by atoms with Crippen LogP contribution in [0.1, 0.15) is 28.4 Å². The molecular weight excluding hydrogens is 250 g/mol. The molecule has 3 nitrogen and oxygen atoms in total. The number of anilines is 1. The Morgan fingerprint density at radius 2 is 1.70 bits per heavy atom. The number of para-hydroxylation sites is 1. The van der Waals surface area contributed by atoms with Crippen molar-refractivity contribution in [3.05, 3.63) is 65.2 Å². The van der Waals surface area contributed by atoms with Crippen molar-refractivity contribution < 1.29 is 9.59 Å². The van der Waals surface area contributed by atoms with Crippen LogP contribution in [0.5, 0.6) is 0 Å². The van der Waals surface area contributed by atoms with Crippen LogP contribution in [0, 0.1) is 0 Å². The van der Waals surface area contributed by atoms with E-state index < -0.39 is 11.7 Å². The first-order valence-electron chi connectivity index (χ1n) is 6.74. The van der Waals surface area contributed by atoms with Crippen LogP contribution in [0.2, 0.25) is 0 Å². The molecule has 0 saturated heterocycles. The van der Waals surface area contributed by atoms with Crippen molar-refractivity contribution in [3.63, 3.8) is 0 Å². The van der Waals surface area contributed by atoms with Crippen molar-refractivity contribution in [1.82, 2.24) is 0 Å². The zero-order chi connectivity index (χ0) is 14.1. The van der Waals surface area contributed by atoms with Crippen LogP contribution in [0.3, 0.4) is 0 Å². The normalized spacial score (nSPS) is 13.8. The molecular formula is C17H15NO2. The van der Waals surface area contributed by atoms with Gasteiger partial charge in [0.05, 0.1) is 17.8 Å². The molecule has 1 heterocycles. The standard InChI is InChI=1S/C17H15NO2/c1-2-13-9-6-10-14-15(13)18(17(20)16(14)19)11-12-7-4-3-5-8-12/h3-10H,2,11H2,1H3. The smallest absolute Gasteiger partial charge is 0.299 e. The summed E-state index contributed by atoms with van der Waals surface area (Å²) in [4.78, 5) is 25.9. The lowest BCUT2D eigenvalue weighted by Gasteiger charge is -2.19. The molecule has 100 valence electrons. The van der Waals surface area contributed by atoms with Gasteiger partial charge in [-0.2, -0.15) is 0 Å². The van der Waals surface area contributed by atoms with Crippen molar-refractivity contribution >= 4 is 17.4 Å². The van der Waals surface area contributed by atoms with Crippen LogP contribution in [-0.2, 0) is 17.8 Å². The molecule has 3 heteroatoms. The molecule has 0 atom stereocenters. The fourth-order valence-electron chi connectivity index (χ4n) is 2.63. The third kappa shape index (κ3) is 1.92. The highest BCUT2D eigenvalue weighted by Gasteiger charge is 2.36. The maximum Gasteiger partial charge on any atom is 0.299 e. The van der Waals surface area contributed by atoms with Crippen LogP contribution >= 0.6 is 0 Å². The van der Waals surface area contributed by atoms with E-state index in [1.165, 1.54) is 0 Å². The Bertz CT molecular complexity index is 677. The number of nitrogens with zero attached hydrogens (tertiary/aromatic N) is 1. The molecule has 2 aromatic rings. The fourth-order valence-corrected chi connectivity index (χ4v) is 2.63. The van der Waals surface area contributed by atoms with E-state index in [-0.39, 0.29) is 0 Å². The van der Waals surface area contributed by atoms with Gasteiger partial charge in [-0.3, -0.25) is 9.59 Å². The molecule has 0 bridgehead atoms. The average molecular weight is 265 g/mol. The first-order valence-corrected chi connectivity index (χ1v) is 6.74. The van der Waals surface area contributed by atoms with Crippen molar-refractivity contribution in [2.45, 2.75) is 19.9 Å². The zero-order valence-electron chi connectivity index (χ0n) is 11.3. The van der Waals surface area contributed by atoms with E-state index in [2.05, 4.69) is 0 Å². The highest BCUT2D eigenvalue weighted by atomic mass is 16.2. The summed E-state index contributed by atoms with van der Waals surface area (Å²) in [5, 5.41) is 0. The second-order valence-corrected chi connectivity index (χ2v) is 4.87. The molecule has 0 aliphatic carbocycles. The Labute approximate surface area is 117 Å². The second-order valence-electron chi connectivity index (χ2n) is 4.87. The minimum Gasteiger partial charge on any atom is -0.300 e. The topological polar surface area (TPSA) is 37.4 Å². The number of rotatable bonds is 3. The number of hydrogen-bond donors (Lipinski definition) is 0. The third-order valence-electron chi connectivity index (χ3n) is 3.64. The molecule has 1 aliphatic heterocycles. The van der Waals surface area contributed by atoms with Gasteiger partial charge in [0.15, 0.2) is 0 Å². The monoisotopic (exact) mass is 265 g/mol. The van der Waals surface area contributed by atoms with Gasteiger partial charge >= 0.3 is 0 Å². The summed E-state index contributed by atoms with van der Waals surface area (Å²) in [5.74, 6) is -0.823. The molecule has 1 amide bonds. The van der Waals surface area contributed by atoms with Crippen molar-refractivity contribution in [1.29, 1.82) is 0 Å². The Hall–Kier alpha value is -2.42. The third-order valence-corrected chi connectivity index (χ3v) is 3.64. The lowest BCUT2D eigenvalue weighted by Crippen LogP contribution is -2.29. The van der Waals surface area contributed by atoms with Gasteiger partial charge < -0.3 is 4.90 Å². The predicted octanol–water partition coefficient (Wildman–Crippen LogP) is 2.98. The molecule has 0 radical (unpaired) electrons. The summed E-state index contributed by atoms with van der Waals surface area (Å²) in [7, 11) is 0. The van der Waals surface area contributed by atoms with Crippen molar-refractivity contribution in [2.75, 3.05) is 4.90 Å². The summed E-state index contributed by atoms with van der Waals surface area (Å²) in [6.07, 6.45) is 0.801. The molecule has 0 fully saturated rings. The van der Waals surface area contributed by atoms with Crippen molar-refractivity contribution in [2.24, 2.45) is 0 Å². The van der Waals surface area contributed by atoms with E-state index in [1.54, 1.807) is 11.0 Å². The minimum absolute atomic E-state index is 0.397. The Kier molecular flexibility index (Phi) is 3.11. The van der Waals surface area contributed by atoms with Crippen molar-refractivity contribution in [3.8, 4) is 0 Å².